The highest BCUT2D eigenvalue weighted by Gasteiger charge is 2.29. The van der Waals surface area contributed by atoms with Crippen LogP contribution in [-0.4, -0.2) is 11.7 Å². The summed E-state index contributed by atoms with van der Waals surface area (Å²) in [5.74, 6) is 1.52. The largest absolute Gasteiger partial charge is 0.494 e. The van der Waals surface area contributed by atoms with Crippen molar-refractivity contribution >= 4 is 0 Å². The number of benzene rings is 1. The molecule has 75 valence electrons. The van der Waals surface area contributed by atoms with Crippen LogP contribution in [0, 0.1) is 6.61 Å². The van der Waals surface area contributed by atoms with E-state index in [0.29, 0.717) is 12.5 Å². The van der Waals surface area contributed by atoms with Crippen molar-refractivity contribution in [2.45, 2.75) is 25.7 Å². The minimum atomic E-state index is 0.594. The van der Waals surface area contributed by atoms with Crippen LogP contribution in [0.1, 0.15) is 36.8 Å². The highest BCUT2D eigenvalue weighted by Crippen LogP contribution is 2.46. The average molecular weight is 191 g/mol. The Balaban J connectivity index is 2.36. The molecule has 2 nitrogen and oxygen atoms in total. The zero-order valence-electron chi connectivity index (χ0n) is 8.36. The summed E-state index contributed by atoms with van der Waals surface area (Å²) in [4.78, 5) is 0. The zero-order chi connectivity index (χ0) is 9.97. The number of aliphatic hydroxyl groups excluding tert-OH is 1. The minimum absolute atomic E-state index is 0.594. The van der Waals surface area contributed by atoms with E-state index in [1.807, 2.05) is 25.1 Å². The van der Waals surface area contributed by atoms with Gasteiger partial charge in [-0.15, -0.1) is 0 Å². The van der Waals surface area contributed by atoms with Crippen LogP contribution in [0.4, 0.5) is 0 Å². The molecule has 1 aromatic rings. The van der Waals surface area contributed by atoms with Gasteiger partial charge in [0.15, 0.2) is 0 Å². The van der Waals surface area contributed by atoms with Crippen LogP contribution in [0.25, 0.3) is 0 Å². The average Bonchev–Trinajstić information content (AvgIpc) is 3.01. The topological polar surface area (TPSA) is 29.5 Å². The first-order valence-corrected chi connectivity index (χ1v) is 5.10. The van der Waals surface area contributed by atoms with Crippen molar-refractivity contribution in [3.8, 4) is 5.75 Å². The van der Waals surface area contributed by atoms with Gasteiger partial charge in [0.2, 0.25) is 0 Å². The first-order chi connectivity index (χ1) is 6.86. The summed E-state index contributed by atoms with van der Waals surface area (Å²) < 4.78 is 5.55. The lowest BCUT2D eigenvalue weighted by Gasteiger charge is -2.12. The molecule has 0 heterocycles. The van der Waals surface area contributed by atoms with E-state index >= 15 is 0 Å². The van der Waals surface area contributed by atoms with E-state index < -0.39 is 0 Å². The molecular formula is C12H15O2. The van der Waals surface area contributed by atoms with Gasteiger partial charge in [0.05, 0.1) is 6.61 Å². The standard InChI is InChI=1S/C12H15O2/c1-2-14-11-5-3-4-10(8-13)12(11)9-6-7-9/h3-5,8-9,13H,2,6-7H2,1H3. The van der Waals surface area contributed by atoms with Gasteiger partial charge in [-0.05, 0) is 37.3 Å². The maximum atomic E-state index is 9.11. The predicted molar refractivity (Wildman–Crippen MR) is 54.9 cm³/mol. The molecule has 1 aliphatic carbocycles. The fourth-order valence-electron chi connectivity index (χ4n) is 1.76. The lowest BCUT2D eigenvalue weighted by Crippen LogP contribution is -1.99. The highest BCUT2D eigenvalue weighted by molar-refractivity contribution is 5.47. The zero-order valence-corrected chi connectivity index (χ0v) is 8.36. The monoisotopic (exact) mass is 191 g/mol. The Kier molecular flexibility index (Phi) is 2.73. The Bertz CT molecular complexity index is 316. The van der Waals surface area contributed by atoms with Crippen molar-refractivity contribution in [2.75, 3.05) is 6.61 Å². The van der Waals surface area contributed by atoms with Crippen molar-refractivity contribution in [1.82, 2.24) is 0 Å². The van der Waals surface area contributed by atoms with Crippen molar-refractivity contribution in [1.29, 1.82) is 0 Å². The van der Waals surface area contributed by atoms with E-state index in [9.17, 15) is 0 Å². The molecule has 2 rings (SSSR count). The fraction of sp³-hybridized carbons (Fsp3) is 0.417. The van der Waals surface area contributed by atoms with Gasteiger partial charge < -0.3 is 9.84 Å². The molecular weight excluding hydrogens is 176 g/mol. The van der Waals surface area contributed by atoms with Gasteiger partial charge in [-0.25, -0.2) is 0 Å². The Labute approximate surface area is 84.5 Å². The van der Waals surface area contributed by atoms with E-state index in [2.05, 4.69) is 0 Å². The van der Waals surface area contributed by atoms with Crippen LogP contribution in [0.15, 0.2) is 18.2 Å². The third-order valence-electron chi connectivity index (χ3n) is 2.52. The summed E-state index contributed by atoms with van der Waals surface area (Å²) >= 11 is 0. The molecule has 0 saturated heterocycles. The highest BCUT2D eigenvalue weighted by atomic mass is 16.5. The molecule has 0 aliphatic heterocycles. The van der Waals surface area contributed by atoms with Gasteiger partial charge in [-0.1, -0.05) is 12.1 Å². The van der Waals surface area contributed by atoms with Gasteiger partial charge in [-0.3, -0.25) is 0 Å². The molecule has 0 bridgehead atoms. The summed E-state index contributed by atoms with van der Waals surface area (Å²) in [6, 6.07) is 5.82. The first-order valence-electron chi connectivity index (χ1n) is 5.10. The normalized spacial score (nSPS) is 15.6. The third kappa shape index (κ3) is 1.75. The maximum Gasteiger partial charge on any atom is 0.123 e. The summed E-state index contributed by atoms with van der Waals surface area (Å²) in [5, 5.41) is 9.11. The Morgan fingerprint density at radius 2 is 2.29 bits per heavy atom. The number of hydrogen-bond donors (Lipinski definition) is 1. The third-order valence-corrected chi connectivity index (χ3v) is 2.52. The summed E-state index contributed by atoms with van der Waals surface area (Å²) in [6.45, 7) is 3.83. The second kappa shape index (κ2) is 4.01. The van der Waals surface area contributed by atoms with Crippen LogP contribution in [0.3, 0.4) is 0 Å². The smallest absolute Gasteiger partial charge is 0.123 e. The molecule has 1 aromatic carbocycles. The lowest BCUT2D eigenvalue weighted by molar-refractivity contribution is 0.335. The van der Waals surface area contributed by atoms with Crippen LogP contribution in [-0.2, 0) is 0 Å². The molecule has 0 amide bonds. The molecule has 0 atom stereocenters. The fourth-order valence-corrected chi connectivity index (χ4v) is 1.76. The van der Waals surface area contributed by atoms with Crippen LogP contribution in [0.5, 0.6) is 5.75 Å². The molecule has 1 N–H and O–H groups in total. The van der Waals surface area contributed by atoms with E-state index in [-0.39, 0.29) is 0 Å². The van der Waals surface area contributed by atoms with Gasteiger partial charge in [-0.2, -0.15) is 0 Å². The Morgan fingerprint density at radius 3 is 2.86 bits per heavy atom. The van der Waals surface area contributed by atoms with E-state index in [0.717, 1.165) is 11.3 Å². The van der Waals surface area contributed by atoms with Crippen LogP contribution < -0.4 is 4.74 Å². The SMILES string of the molecule is CCOc1cccc([CH]O)c1C1CC1. The molecule has 0 aromatic heterocycles. The molecule has 0 unspecified atom stereocenters. The second-order valence-corrected chi connectivity index (χ2v) is 3.60. The van der Waals surface area contributed by atoms with Gasteiger partial charge in [0, 0.05) is 5.56 Å². The van der Waals surface area contributed by atoms with Crippen molar-refractivity contribution in [3.05, 3.63) is 35.9 Å². The molecule has 1 fully saturated rings. The van der Waals surface area contributed by atoms with Gasteiger partial charge >= 0.3 is 0 Å². The number of aliphatic hydroxyl groups is 1. The molecule has 1 radical (unpaired) electrons. The van der Waals surface area contributed by atoms with Crippen LogP contribution >= 0.6 is 0 Å². The molecule has 2 heteroatoms. The summed E-state index contributed by atoms with van der Waals surface area (Å²) in [5.41, 5.74) is 2.08. The summed E-state index contributed by atoms with van der Waals surface area (Å²) in [7, 11) is 0. The molecule has 0 spiro atoms. The van der Waals surface area contributed by atoms with Crippen molar-refractivity contribution in [3.63, 3.8) is 0 Å². The van der Waals surface area contributed by atoms with Crippen LogP contribution in [0.2, 0.25) is 0 Å². The Hall–Kier alpha value is -1.02. The molecule has 1 saturated carbocycles. The van der Waals surface area contributed by atoms with Gasteiger partial charge in [0.25, 0.3) is 0 Å². The molecule has 14 heavy (non-hydrogen) atoms. The minimum Gasteiger partial charge on any atom is -0.494 e. The quantitative estimate of drug-likeness (QED) is 0.793. The second-order valence-electron chi connectivity index (χ2n) is 3.60. The van der Waals surface area contributed by atoms with E-state index in [4.69, 9.17) is 9.84 Å². The predicted octanol–water partition coefficient (Wildman–Crippen LogP) is 2.85. The van der Waals surface area contributed by atoms with Gasteiger partial charge in [0.1, 0.15) is 12.4 Å². The number of hydrogen-bond acceptors (Lipinski definition) is 2. The first kappa shape index (κ1) is 9.53. The van der Waals surface area contributed by atoms with E-state index in [1.165, 1.54) is 25.0 Å². The van der Waals surface area contributed by atoms with E-state index in [1.54, 1.807) is 0 Å². The summed E-state index contributed by atoms with van der Waals surface area (Å²) in [6.07, 6.45) is 2.43. The lowest BCUT2D eigenvalue weighted by atomic mass is 10.0. The Morgan fingerprint density at radius 1 is 1.50 bits per heavy atom. The number of rotatable bonds is 4. The van der Waals surface area contributed by atoms with Crippen molar-refractivity contribution < 1.29 is 9.84 Å². The van der Waals surface area contributed by atoms with Crippen molar-refractivity contribution in [2.24, 2.45) is 0 Å². The number of ether oxygens (including phenoxy) is 1. The maximum absolute atomic E-state index is 9.11. The molecule has 1 aliphatic rings.